The van der Waals surface area contributed by atoms with E-state index in [1.807, 2.05) is 17.7 Å². The standard InChI is InChI=1S/C12H11FN2O2S/c1-8-6-18-7-9(8)5-14-11-2-10(13)3-12(4-11)15(16)17/h2-4,6-7,14H,5H2,1H3. The highest BCUT2D eigenvalue weighted by Crippen LogP contribution is 2.21. The molecule has 0 bridgehead atoms. The van der Waals surface area contributed by atoms with E-state index in [9.17, 15) is 14.5 Å². The van der Waals surface area contributed by atoms with Crippen molar-refractivity contribution in [3.63, 3.8) is 0 Å². The van der Waals surface area contributed by atoms with Crippen LogP contribution in [0.15, 0.2) is 29.0 Å². The molecule has 1 N–H and O–H groups in total. The third-order valence-corrected chi connectivity index (χ3v) is 3.45. The molecule has 18 heavy (non-hydrogen) atoms. The second-order valence-corrected chi connectivity index (χ2v) is 4.63. The number of aryl methyl sites for hydroxylation is 1. The van der Waals surface area contributed by atoms with Gasteiger partial charge in [-0.25, -0.2) is 4.39 Å². The first-order valence-electron chi connectivity index (χ1n) is 5.27. The summed E-state index contributed by atoms with van der Waals surface area (Å²) in [7, 11) is 0. The minimum atomic E-state index is -0.617. The summed E-state index contributed by atoms with van der Waals surface area (Å²) in [6, 6.07) is 3.47. The summed E-state index contributed by atoms with van der Waals surface area (Å²) in [4.78, 5) is 10.00. The average Bonchev–Trinajstić information content (AvgIpc) is 2.71. The number of thiophene rings is 1. The van der Waals surface area contributed by atoms with E-state index in [1.165, 1.54) is 12.1 Å². The Bertz CT molecular complexity index is 583. The molecule has 1 aromatic heterocycles. The second kappa shape index (κ2) is 5.14. The topological polar surface area (TPSA) is 55.2 Å². The Kier molecular flexibility index (Phi) is 3.57. The SMILES string of the molecule is Cc1cscc1CNc1cc(F)cc([N+](=O)[O-])c1. The number of nitrogens with one attached hydrogen (secondary N) is 1. The number of nitro groups is 1. The van der Waals surface area contributed by atoms with Gasteiger partial charge >= 0.3 is 0 Å². The molecule has 1 aromatic carbocycles. The maximum absolute atomic E-state index is 13.2. The van der Waals surface area contributed by atoms with Gasteiger partial charge in [0.25, 0.3) is 5.69 Å². The summed E-state index contributed by atoms with van der Waals surface area (Å²) in [6.07, 6.45) is 0. The molecule has 0 aliphatic rings. The lowest BCUT2D eigenvalue weighted by Crippen LogP contribution is -2.01. The molecule has 0 spiro atoms. The zero-order valence-electron chi connectivity index (χ0n) is 9.64. The lowest BCUT2D eigenvalue weighted by molar-refractivity contribution is -0.385. The predicted octanol–water partition coefficient (Wildman–Crippen LogP) is 3.72. The van der Waals surface area contributed by atoms with E-state index < -0.39 is 10.7 Å². The molecule has 1 heterocycles. The number of nitro benzene ring substituents is 1. The number of rotatable bonds is 4. The van der Waals surface area contributed by atoms with Gasteiger partial charge in [0.15, 0.2) is 0 Å². The summed E-state index contributed by atoms with van der Waals surface area (Å²) in [5, 5.41) is 17.6. The lowest BCUT2D eigenvalue weighted by atomic mass is 10.2. The summed E-state index contributed by atoms with van der Waals surface area (Å²) >= 11 is 1.59. The molecule has 94 valence electrons. The number of halogens is 1. The number of hydrogen-bond acceptors (Lipinski definition) is 4. The maximum Gasteiger partial charge on any atom is 0.274 e. The van der Waals surface area contributed by atoms with Crippen LogP contribution in [-0.4, -0.2) is 4.92 Å². The molecule has 0 unspecified atom stereocenters. The van der Waals surface area contributed by atoms with Crippen LogP contribution >= 0.6 is 11.3 Å². The molecule has 0 radical (unpaired) electrons. The van der Waals surface area contributed by atoms with Crippen molar-refractivity contribution < 1.29 is 9.31 Å². The molecule has 2 aromatic rings. The highest BCUT2D eigenvalue weighted by Gasteiger charge is 2.09. The quantitative estimate of drug-likeness (QED) is 0.678. The number of hydrogen-bond donors (Lipinski definition) is 1. The largest absolute Gasteiger partial charge is 0.381 e. The monoisotopic (exact) mass is 266 g/mol. The Morgan fingerprint density at radius 3 is 2.78 bits per heavy atom. The lowest BCUT2D eigenvalue weighted by Gasteiger charge is -2.06. The van der Waals surface area contributed by atoms with Crippen LogP contribution in [0.1, 0.15) is 11.1 Å². The number of non-ortho nitro benzene ring substituents is 1. The Morgan fingerprint density at radius 1 is 1.39 bits per heavy atom. The zero-order valence-corrected chi connectivity index (χ0v) is 10.5. The van der Waals surface area contributed by atoms with Crippen molar-refractivity contribution in [2.45, 2.75) is 13.5 Å². The molecule has 0 atom stereocenters. The Hall–Kier alpha value is -1.95. The molecule has 0 saturated heterocycles. The van der Waals surface area contributed by atoms with Crippen LogP contribution in [0.4, 0.5) is 15.8 Å². The highest BCUT2D eigenvalue weighted by molar-refractivity contribution is 7.08. The van der Waals surface area contributed by atoms with Crippen LogP contribution in [0.3, 0.4) is 0 Å². The fourth-order valence-electron chi connectivity index (χ4n) is 1.55. The number of anilines is 1. The van der Waals surface area contributed by atoms with Gasteiger partial charge < -0.3 is 5.32 Å². The van der Waals surface area contributed by atoms with Gasteiger partial charge in [0.1, 0.15) is 5.82 Å². The number of benzene rings is 1. The predicted molar refractivity (Wildman–Crippen MR) is 69.4 cm³/mol. The van der Waals surface area contributed by atoms with E-state index in [1.54, 1.807) is 11.3 Å². The minimum absolute atomic E-state index is 0.250. The summed E-state index contributed by atoms with van der Waals surface area (Å²) in [5.41, 5.74) is 2.41. The first kappa shape index (κ1) is 12.5. The van der Waals surface area contributed by atoms with Crippen molar-refractivity contribution in [3.8, 4) is 0 Å². The van der Waals surface area contributed by atoms with Crippen LogP contribution in [0.5, 0.6) is 0 Å². The Labute approximate surface area is 107 Å². The van der Waals surface area contributed by atoms with Gasteiger partial charge in [-0.05, 0) is 34.9 Å². The first-order valence-corrected chi connectivity index (χ1v) is 6.21. The van der Waals surface area contributed by atoms with Crippen LogP contribution in [-0.2, 0) is 6.54 Å². The molecular weight excluding hydrogens is 255 g/mol. The third-order valence-electron chi connectivity index (χ3n) is 2.54. The fourth-order valence-corrected chi connectivity index (χ4v) is 2.40. The van der Waals surface area contributed by atoms with Gasteiger partial charge in [-0.1, -0.05) is 0 Å². The minimum Gasteiger partial charge on any atom is -0.381 e. The second-order valence-electron chi connectivity index (χ2n) is 3.89. The van der Waals surface area contributed by atoms with Crippen molar-refractivity contribution in [1.29, 1.82) is 0 Å². The van der Waals surface area contributed by atoms with Crippen molar-refractivity contribution in [2.75, 3.05) is 5.32 Å². The van der Waals surface area contributed by atoms with Crippen molar-refractivity contribution >= 4 is 22.7 Å². The van der Waals surface area contributed by atoms with Crippen molar-refractivity contribution in [3.05, 3.63) is 56.0 Å². The smallest absolute Gasteiger partial charge is 0.274 e. The Morgan fingerprint density at radius 2 is 2.17 bits per heavy atom. The molecule has 0 fully saturated rings. The molecule has 0 saturated carbocycles. The fraction of sp³-hybridized carbons (Fsp3) is 0.167. The maximum atomic E-state index is 13.2. The van der Waals surface area contributed by atoms with E-state index in [4.69, 9.17) is 0 Å². The van der Waals surface area contributed by atoms with Crippen LogP contribution in [0.2, 0.25) is 0 Å². The zero-order chi connectivity index (χ0) is 13.1. The summed E-state index contributed by atoms with van der Waals surface area (Å²) in [6.45, 7) is 2.51. The molecule has 2 rings (SSSR count). The first-order chi connectivity index (χ1) is 8.56. The molecule has 0 aliphatic carbocycles. The van der Waals surface area contributed by atoms with E-state index in [-0.39, 0.29) is 5.69 Å². The molecule has 0 aliphatic heterocycles. The summed E-state index contributed by atoms with van der Waals surface area (Å²) < 4.78 is 13.2. The van der Waals surface area contributed by atoms with Gasteiger partial charge in [0, 0.05) is 18.3 Å². The van der Waals surface area contributed by atoms with Crippen LogP contribution < -0.4 is 5.32 Å². The van der Waals surface area contributed by atoms with E-state index in [0.717, 1.165) is 17.2 Å². The van der Waals surface area contributed by atoms with E-state index >= 15 is 0 Å². The summed E-state index contributed by atoms with van der Waals surface area (Å²) in [5.74, 6) is -0.617. The number of nitrogens with zero attached hydrogens (tertiary/aromatic N) is 1. The molecule has 6 heteroatoms. The normalized spacial score (nSPS) is 10.3. The molecular formula is C12H11FN2O2S. The Balaban J connectivity index is 2.14. The van der Waals surface area contributed by atoms with Gasteiger partial charge in [-0.2, -0.15) is 11.3 Å². The van der Waals surface area contributed by atoms with Gasteiger partial charge in [0.05, 0.1) is 11.0 Å². The van der Waals surface area contributed by atoms with Gasteiger partial charge in [0.2, 0.25) is 0 Å². The van der Waals surface area contributed by atoms with E-state index in [0.29, 0.717) is 12.2 Å². The average molecular weight is 266 g/mol. The molecule has 0 amide bonds. The molecule has 4 nitrogen and oxygen atoms in total. The van der Waals surface area contributed by atoms with Crippen molar-refractivity contribution in [2.24, 2.45) is 0 Å². The highest BCUT2D eigenvalue weighted by atomic mass is 32.1. The van der Waals surface area contributed by atoms with Gasteiger partial charge in [-0.3, -0.25) is 10.1 Å². The van der Waals surface area contributed by atoms with Crippen LogP contribution in [0.25, 0.3) is 0 Å². The van der Waals surface area contributed by atoms with E-state index in [2.05, 4.69) is 5.32 Å². The van der Waals surface area contributed by atoms with Crippen LogP contribution in [0, 0.1) is 22.9 Å². The third kappa shape index (κ3) is 2.84. The van der Waals surface area contributed by atoms with Crippen molar-refractivity contribution in [1.82, 2.24) is 0 Å². The van der Waals surface area contributed by atoms with Gasteiger partial charge in [-0.15, -0.1) is 0 Å².